The van der Waals surface area contributed by atoms with E-state index in [0.717, 1.165) is 25.7 Å². The molecule has 3 aliphatic rings. The monoisotopic (exact) mass is 293 g/mol. The maximum atomic E-state index is 12.3. The van der Waals surface area contributed by atoms with Gasteiger partial charge in [-0.1, -0.05) is 25.5 Å². The summed E-state index contributed by atoms with van der Waals surface area (Å²) < 4.78 is 5.40. The molecule has 21 heavy (non-hydrogen) atoms. The lowest BCUT2D eigenvalue weighted by Gasteiger charge is -2.54. The molecule has 2 fully saturated rings. The summed E-state index contributed by atoms with van der Waals surface area (Å²) in [6.45, 7) is 3.78. The van der Waals surface area contributed by atoms with E-state index in [1.54, 1.807) is 6.92 Å². The van der Waals surface area contributed by atoms with E-state index in [-0.39, 0.29) is 17.7 Å². The van der Waals surface area contributed by atoms with Crippen LogP contribution in [0.2, 0.25) is 0 Å². The van der Waals surface area contributed by atoms with Crippen LogP contribution in [0.1, 0.15) is 46.0 Å². The predicted molar refractivity (Wildman–Crippen MR) is 76.3 cm³/mol. The van der Waals surface area contributed by atoms with E-state index in [1.807, 2.05) is 19.1 Å². The predicted octanol–water partition coefficient (Wildman–Crippen LogP) is 1.30. The quantitative estimate of drug-likeness (QED) is 0.605. The molecule has 1 aliphatic carbocycles. The van der Waals surface area contributed by atoms with E-state index in [2.05, 4.69) is 5.32 Å². The number of esters is 1. The van der Waals surface area contributed by atoms with Crippen LogP contribution in [0.25, 0.3) is 0 Å². The third-order valence-electron chi connectivity index (χ3n) is 5.43. The molecular weight excluding hydrogens is 270 g/mol. The van der Waals surface area contributed by atoms with Crippen LogP contribution in [0.3, 0.4) is 0 Å². The smallest absolute Gasteiger partial charge is 0.339 e. The third-order valence-corrected chi connectivity index (χ3v) is 5.43. The van der Waals surface area contributed by atoms with Crippen molar-refractivity contribution in [2.24, 2.45) is 11.8 Å². The highest BCUT2D eigenvalue weighted by molar-refractivity contribution is 6.01. The first kappa shape index (κ1) is 14.6. The Labute approximate surface area is 124 Å². The van der Waals surface area contributed by atoms with Crippen LogP contribution in [0.15, 0.2) is 12.2 Å². The Balaban J connectivity index is 1.94. The minimum atomic E-state index is -1.27. The molecule has 0 aromatic rings. The normalized spacial score (nSPS) is 42.8. The summed E-state index contributed by atoms with van der Waals surface area (Å²) in [5, 5.41) is 13.6. The summed E-state index contributed by atoms with van der Waals surface area (Å²) in [6.07, 6.45) is 7.40. The lowest BCUT2D eigenvalue weighted by molar-refractivity contribution is -0.238. The molecule has 5 heteroatoms. The first-order valence-corrected chi connectivity index (χ1v) is 7.87. The van der Waals surface area contributed by atoms with E-state index in [0.29, 0.717) is 6.42 Å². The van der Waals surface area contributed by atoms with Crippen LogP contribution in [-0.2, 0) is 14.3 Å². The lowest BCUT2D eigenvalue weighted by Crippen LogP contribution is -2.80. The summed E-state index contributed by atoms with van der Waals surface area (Å²) in [7, 11) is 0. The fourth-order valence-corrected chi connectivity index (χ4v) is 4.17. The van der Waals surface area contributed by atoms with Gasteiger partial charge in [0.1, 0.15) is 0 Å². The minimum absolute atomic E-state index is 0.105. The van der Waals surface area contributed by atoms with Gasteiger partial charge in [0.05, 0.1) is 12.0 Å². The molecule has 0 radical (unpaired) electrons. The van der Waals surface area contributed by atoms with Crippen molar-refractivity contribution in [3.8, 4) is 0 Å². The van der Waals surface area contributed by atoms with Crippen molar-refractivity contribution in [3.63, 3.8) is 0 Å². The zero-order valence-electron chi connectivity index (χ0n) is 12.6. The van der Waals surface area contributed by atoms with Crippen molar-refractivity contribution < 1.29 is 19.4 Å². The first-order chi connectivity index (χ1) is 9.97. The van der Waals surface area contributed by atoms with Crippen LogP contribution >= 0.6 is 0 Å². The Hall–Kier alpha value is -1.36. The summed E-state index contributed by atoms with van der Waals surface area (Å²) in [4.78, 5) is 24.5. The highest BCUT2D eigenvalue weighted by atomic mass is 16.6. The van der Waals surface area contributed by atoms with Gasteiger partial charge in [-0.15, -0.1) is 0 Å². The standard InChI is InChI=1S/C16H23NO4/c1-3-7-11-13(19)17-16(14(20)21-15(11,16)2)12(18)10-8-5-4-6-9-10/h5,8,10-12,18H,3-4,6-7,9H2,1-2H3,(H,17,19)/t10-,11+,12?,15+,16+/m1/s1. The van der Waals surface area contributed by atoms with Crippen molar-refractivity contribution in [2.75, 3.05) is 0 Å². The van der Waals surface area contributed by atoms with Crippen molar-refractivity contribution in [1.29, 1.82) is 0 Å². The number of aliphatic hydroxyl groups is 1. The molecule has 0 aromatic carbocycles. The van der Waals surface area contributed by atoms with Crippen molar-refractivity contribution >= 4 is 11.9 Å². The topological polar surface area (TPSA) is 75.6 Å². The van der Waals surface area contributed by atoms with Gasteiger partial charge in [0, 0.05) is 5.92 Å². The molecule has 3 rings (SSSR count). The van der Waals surface area contributed by atoms with Crippen molar-refractivity contribution in [3.05, 3.63) is 12.2 Å². The van der Waals surface area contributed by atoms with E-state index < -0.39 is 23.2 Å². The van der Waals surface area contributed by atoms with Crippen molar-refractivity contribution in [1.82, 2.24) is 5.32 Å². The lowest BCUT2D eigenvalue weighted by atomic mass is 9.64. The Kier molecular flexibility index (Phi) is 3.35. The largest absolute Gasteiger partial charge is 0.453 e. The molecule has 5 nitrogen and oxygen atoms in total. The Morgan fingerprint density at radius 2 is 2.29 bits per heavy atom. The van der Waals surface area contributed by atoms with Crippen LogP contribution in [0, 0.1) is 11.8 Å². The van der Waals surface area contributed by atoms with Gasteiger partial charge >= 0.3 is 5.97 Å². The second-order valence-corrected chi connectivity index (χ2v) is 6.60. The highest BCUT2D eigenvalue weighted by Gasteiger charge is 2.79. The van der Waals surface area contributed by atoms with Gasteiger partial charge < -0.3 is 15.2 Å². The number of carbonyl (C=O) groups excluding carboxylic acids is 2. The average Bonchev–Trinajstić information content (AvgIpc) is 2.65. The SMILES string of the molecule is CCC[C@H]1C(=O)N[C@@]2(C(O)[C@@H]3C=CCCC3)C(=O)O[C@@]12C. The number of aliphatic hydroxyl groups excluding tert-OH is 1. The summed E-state index contributed by atoms with van der Waals surface area (Å²) in [6, 6.07) is 0. The minimum Gasteiger partial charge on any atom is -0.453 e. The van der Waals surface area contributed by atoms with Crippen LogP contribution in [0.4, 0.5) is 0 Å². The molecule has 2 N–H and O–H groups in total. The molecule has 2 saturated heterocycles. The van der Waals surface area contributed by atoms with E-state index in [9.17, 15) is 14.7 Å². The third kappa shape index (κ3) is 1.73. The molecule has 5 atom stereocenters. The van der Waals surface area contributed by atoms with Gasteiger partial charge in [-0.25, -0.2) is 4.79 Å². The van der Waals surface area contributed by atoms with Crippen molar-refractivity contribution in [2.45, 2.75) is 63.2 Å². The van der Waals surface area contributed by atoms with E-state index in [4.69, 9.17) is 4.74 Å². The number of fused-ring (bicyclic) bond motifs is 1. The Morgan fingerprint density at radius 1 is 1.52 bits per heavy atom. The van der Waals surface area contributed by atoms with Gasteiger partial charge in [0.15, 0.2) is 5.60 Å². The number of ether oxygens (including phenoxy) is 1. The Bertz CT molecular complexity index is 503. The molecule has 0 spiro atoms. The number of hydrogen-bond acceptors (Lipinski definition) is 4. The molecule has 116 valence electrons. The molecule has 2 aliphatic heterocycles. The summed E-state index contributed by atoms with van der Waals surface area (Å²) in [5.41, 5.74) is -2.20. The van der Waals surface area contributed by atoms with Gasteiger partial charge in [-0.05, 0) is 32.6 Å². The van der Waals surface area contributed by atoms with E-state index >= 15 is 0 Å². The molecule has 0 aromatic heterocycles. The molecular formula is C16H23NO4. The molecule has 1 amide bonds. The van der Waals surface area contributed by atoms with Gasteiger partial charge in [-0.3, -0.25) is 4.79 Å². The van der Waals surface area contributed by atoms with Gasteiger partial charge in [0.2, 0.25) is 11.4 Å². The first-order valence-electron chi connectivity index (χ1n) is 7.87. The number of carbonyl (C=O) groups is 2. The second kappa shape index (κ2) is 4.83. The number of rotatable bonds is 4. The maximum absolute atomic E-state index is 12.3. The number of amides is 1. The zero-order chi connectivity index (χ0) is 15.3. The average molecular weight is 293 g/mol. The van der Waals surface area contributed by atoms with E-state index in [1.165, 1.54) is 0 Å². The number of hydrogen-bond donors (Lipinski definition) is 2. The van der Waals surface area contributed by atoms with Crippen LogP contribution in [-0.4, -0.2) is 34.2 Å². The summed E-state index contributed by atoms with van der Waals surface area (Å²) >= 11 is 0. The maximum Gasteiger partial charge on any atom is 0.339 e. The number of nitrogens with one attached hydrogen (secondary N) is 1. The summed E-state index contributed by atoms with van der Waals surface area (Å²) in [5.74, 6) is -1.15. The Morgan fingerprint density at radius 3 is 2.86 bits per heavy atom. The molecule has 2 heterocycles. The fraction of sp³-hybridized carbons (Fsp3) is 0.750. The molecule has 1 unspecified atom stereocenters. The van der Waals surface area contributed by atoms with Crippen LogP contribution < -0.4 is 5.32 Å². The molecule has 0 bridgehead atoms. The van der Waals surface area contributed by atoms with Gasteiger partial charge in [-0.2, -0.15) is 0 Å². The fourth-order valence-electron chi connectivity index (χ4n) is 4.17. The van der Waals surface area contributed by atoms with Gasteiger partial charge in [0.25, 0.3) is 0 Å². The zero-order valence-corrected chi connectivity index (χ0v) is 12.6. The van der Waals surface area contributed by atoms with Crippen LogP contribution in [0.5, 0.6) is 0 Å². The highest BCUT2D eigenvalue weighted by Crippen LogP contribution is 2.53. The molecule has 0 saturated carbocycles. The number of allylic oxidation sites excluding steroid dienone is 1. The second-order valence-electron chi connectivity index (χ2n) is 6.60.